The summed E-state index contributed by atoms with van der Waals surface area (Å²) in [6, 6.07) is 16.1. The summed E-state index contributed by atoms with van der Waals surface area (Å²) >= 11 is 0. The van der Waals surface area contributed by atoms with E-state index in [0.717, 1.165) is 11.3 Å². The second-order valence-corrected chi connectivity index (χ2v) is 4.65. The fourth-order valence-electron chi connectivity index (χ4n) is 2.00. The Hall–Kier alpha value is -1.51. The Morgan fingerprint density at radius 2 is 1.58 bits per heavy atom. The minimum absolute atomic E-state index is 0. The van der Waals surface area contributed by atoms with Crippen molar-refractivity contribution in [3.63, 3.8) is 0 Å². The molecule has 0 amide bonds. The molecule has 2 aromatic rings. The van der Waals surface area contributed by atoms with Crippen LogP contribution in [0.2, 0.25) is 0 Å². The van der Waals surface area contributed by atoms with Crippen LogP contribution < -0.4 is 10.5 Å². The van der Waals surface area contributed by atoms with E-state index in [9.17, 15) is 0 Å². The molecule has 0 aliphatic rings. The maximum atomic E-state index is 6.09. The SMILES string of the molecule is Cc1cc(C)cc(OCC(N)c2ccccc2)c1.Cl. The smallest absolute Gasteiger partial charge is 0.119 e. The molecule has 0 saturated carbocycles. The van der Waals surface area contributed by atoms with Gasteiger partial charge in [-0.05, 0) is 42.7 Å². The lowest BCUT2D eigenvalue weighted by atomic mass is 10.1. The molecule has 0 aromatic heterocycles. The predicted octanol–water partition coefficient (Wildman–Crippen LogP) is 3.80. The van der Waals surface area contributed by atoms with Crippen molar-refractivity contribution in [2.45, 2.75) is 19.9 Å². The first kappa shape index (κ1) is 15.5. The van der Waals surface area contributed by atoms with Crippen LogP contribution in [-0.2, 0) is 0 Å². The monoisotopic (exact) mass is 277 g/mol. The lowest BCUT2D eigenvalue weighted by Crippen LogP contribution is -2.18. The summed E-state index contributed by atoms with van der Waals surface area (Å²) in [5.74, 6) is 0.888. The zero-order chi connectivity index (χ0) is 13.0. The van der Waals surface area contributed by atoms with Crippen molar-refractivity contribution in [3.8, 4) is 5.75 Å². The lowest BCUT2D eigenvalue weighted by molar-refractivity contribution is 0.290. The zero-order valence-corrected chi connectivity index (χ0v) is 12.1. The summed E-state index contributed by atoms with van der Waals surface area (Å²) in [4.78, 5) is 0. The minimum Gasteiger partial charge on any atom is -0.492 e. The molecule has 1 unspecified atom stereocenters. The molecule has 0 fully saturated rings. The van der Waals surface area contributed by atoms with Crippen LogP contribution in [0, 0.1) is 13.8 Å². The van der Waals surface area contributed by atoms with Crippen LogP contribution in [0.4, 0.5) is 0 Å². The van der Waals surface area contributed by atoms with Gasteiger partial charge in [-0.15, -0.1) is 12.4 Å². The molecule has 0 spiro atoms. The van der Waals surface area contributed by atoms with Gasteiger partial charge in [0.05, 0.1) is 6.04 Å². The van der Waals surface area contributed by atoms with E-state index in [2.05, 4.69) is 19.9 Å². The highest BCUT2D eigenvalue weighted by Gasteiger charge is 2.06. The number of rotatable bonds is 4. The van der Waals surface area contributed by atoms with Gasteiger partial charge in [-0.2, -0.15) is 0 Å². The largest absolute Gasteiger partial charge is 0.492 e. The Bertz CT molecular complexity index is 493. The van der Waals surface area contributed by atoms with Gasteiger partial charge < -0.3 is 10.5 Å². The van der Waals surface area contributed by atoms with Crippen molar-refractivity contribution in [2.24, 2.45) is 5.73 Å². The summed E-state index contributed by atoms with van der Waals surface area (Å²) in [5, 5.41) is 0. The Balaban J connectivity index is 0.00000180. The van der Waals surface area contributed by atoms with Crippen LogP contribution in [0.3, 0.4) is 0 Å². The van der Waals surface area contributed by atoms with Gasteiger partial charge >= 0.3 is 0 Å². The average Bonchev–Trinajstić information content (AvgIpc) is 2.36. The van der Waals surface area contributed by atoms with Crippen molar-refractivity contribution in [1.29, 1.82) is 0 Å². The summed E-state index contributed by atoms with van der Waals surface area (Å²) < 4.78 is 5.76. The van der Waals surface area contributed by atoms with Crippen LogP contribution in [0.1, 0.15) is 22.7 Å². The molecule has 2 N–H and O–H groups in total. The fraction of sp³-hybridized carbons (Fsp3) is 0.250. The average molecular weight is 278 g/mol. The minimum atomic E-state index is -0.0907. The summed E-state index contributed by atoms with van der Waals surface area (Å²) in [6.45, 7) is 4.63. The van der Waals surface area contributed by atoms with Crippen LogP contribution >= 0.6 is 12.4 Å². The molecule has 1 atom stereocenters. The maximum Gasteiger partial charge on any atom is 0.119 e. The molecule has 2 nitrogen and oxygen atoms in total. The van der Waals surface area contributed by atoms with E-state index in [0.29, 0.717) is 6.61 Å². The Kier molecular flexibility index (Phi) is 5.87. The van der Waals surface area contributed by atoms with E-state index in [-0.39, 0.29) is 18.4 Å². The van der Waals surface area contributed by atoms with Crippen LogP contribution in [0.5, 0.6) is 5.75 Å². The first-order chi connectivity index (χ1) is 8.65. The zero-order valence-electron chi connectivity index (χ0n) is 11.3. The molecule has 2 aromatic carbocycles. The molecule has 0 heterocycles. The third kappa shape index (κ3) is 4.58. The predicted molar refractivity (Wildman–Crippen MR) is 82.0 cm³/mol. The third-order valence-electron chi connectivity index (χ3n) is 2.85. The molecule has 0 aliphatic heterocycles. The Morgan fingerprint density at radius 3 is 2.16 bits per heavy atom. The van der Waals surface area contributed by atoms with Gasteiger partial charge in [0, 0.05) is 0 Å². The summed E-state index contributed by atoms with van der Waals surface area (Å²) in [7, 11) is 0. The molecule has 0 aliphatic carbocycles. The Morgan fingerprint density at radius 1 is 1.00 bits per heavy atom. The maximum absolute atomic E-state index is 6.09. The van der Waals surface area contributed by atoms with Gasteiger partial charge in [0.15, 0.2) is 0 Å². The highest BCUT2D eigenvalue weighted by molar-refractivity contribution is 5.85. The molecule has 19 heavy (non-hydrogen) atoms. The third-order valence-corrected chi connectivity index (χ3v) is 2.85. The first-order valence-corrected chi connectivity index (χ1v) is 6.17. The lowest BCUT2D eigenvalue weighted by Gasteiger charge is -2.14. The molecule has 2 rings (SSSR count). The molecule has 102 valence electrons. The highest BCUT2D eigenvalue weighted by Crippen LogP contribution is 2.18. The van der Waals surface area contributed by atoms with Crippen LogP contribution in [0.15, 0.2) is 48.5 Å². The van der Waals surface area contributed by atoms with E-state index in [1.165, 1.54) is 11.1 Å². The van der Waals surface area contributed by atoms with Gasteiger partial charge in [-0.3, -0.25) is 0 Å². The normalized spacial score (nSPS) is 11.5. The van der Waals surface area contributed by atoms with Crippen molar-refractivity contribution in [2.75, 3.05) is 6.61 Å². The number of benzene rings is 2. The molecular formula is C16H20ClNO. The van der Waals surface area contributed by atoms with E-state index in [1.54, 1.807) is 0 Å². The van der Waals surface area contributed by atoms with Gasteiger partial charge in [0.1, 0.15) is 12.4 Å². The second-order valence-electron chi connectivity index (χ2n) is 4.65. The van der Waals surface area contributed by atoms with Crippen molar-refractivity contribution in [3.05, 3.63) is 65.2 Å². The number of ether oxygens (including phenoxy) is 1. The first-order valence-electron chi connectivity index (χ1n) is 6.17. The molecule has 0 radical (unpaired) electrons. The number of hydrogen-bond donors (Lipinski definition) is 1. The van der Waals surface area contributed by atoms with Gasteiger partial charge in [0.25, 0.3) is 0 Å². The van der Waals surface area contributed by atoms with Gasteiger partial charge in [0.2, 0.25) is 0 Å². The van der Waals surface area contributed by atoms with E-state index < -0.39 is 0 Å². The molecule has 0 bridgehead atoms. The van der Waals surface area contributed by atoms with Crippen molar-refractivity contribution >= 4 is 12.4 Å². The second kappa shape index (κ2) is 7.17. The number of halogens is 1. The topological polar surface area (TPSA) is 35.2 Å². The highest BCUT2D eigenvalue weighted by atomic mass is 35.5. The molecular weight excluding hydrogens is 258 g/mol. The van der Waals surface area contributed by atoms with E-state index in [1.807, 2.05) is 42.5 Å². The molecule has 3 heteroatoms. The number of nitrogens with two attached hydrogens (primary N) is 1. The van der Waals surface area contributed by atoms with Crippen LogP contribution in [-0.4, -0.2) is 6.61 Å². The van der Waals surface area contributed by atoms with E-state index in [4.69, 9.17) is 10.5 Å². The molecule has 0 saturated heterocycles. The van der Waals surface area contributed by atoms with Crippen molar-refractivity contribution in [1.82, 2.24) is 0 Å². The quantitative estimate of drug-likeness (QED) is 0.922. The van der Waals surface area contributed by atoms with E-state index >= 15 is 0 Å². The van der Waals surface area contributed by atoms with Crippen molar-refractivity contribution < 1.29 is 4.74 Å². The van der Waals surface area contributed by atoms with Crippen LogP contribution in [0.25, 0.3) is 0 Å². The fourth-order valence-corrected chi connectivity index (χ4v) is 2.00. The van der Waals surface area contributed by atoms with Gasteiger partial charge in [-0.1, -0.05) is 36.4 Å². The summed E-state index contributed by atoms with van der Waals surface area (Å²) in [6.07, 6.45) is 0. The standard InChI is InChI=1S/C16H19NO.ClH/c1-12-8-13(2)10-15(9-12)18-11-16(17)14-6-4-3-5-7-14;/h3-10,16H,11,17H2,1-2H3;1H. The summed E-state index contributed by atoms with van der Waals surface area (Å²) in [5.41, 5.74) is 9.61. The number of hydrogen-bond acceptors (Lipinski definition) is 2. The Labute approximate surface area is 121 Å². The number of aryl methyl sites for hydroxylation is 2. The van der Waals surface area contributed by atoms with Gasteiger partial charge in [-0.25, -0.2) is 0 Å².